The smallest absolute Gasteiger partial charge is 0.343 e. The molecule has 1 saturated heterocycles. The van der Waals surface area contributed by atoms with Crippen molar-refractivity contribution in [1.29, 1.82) is 0 Å². The van der Waals surface area contributed by atoms with E-state index in [1.165, 1.54) is 50.2 Å². The van der Waals surface area contributed by atoms with Gasteiger partial charge in [0.2, 0.25) is 0 Å². The van der Waals surface area contributed by atoms with Crippen LogP contribution in [0, 0.1) is 11.7 Å². The first-order valence-electron chi connectivity index (χ1n) is 12.4. The summed E-state index contributed by atoms with van der Waals surface area (Å²) < 4.78 is 31.7. The summed E-state index contributed by atoms with van der Waals surface area (Å²) >= 11 is 0. The zero-order chi connectivity index (χ0) is 23.5. The van der Waals surface area contributed by atoms with Crippen molar-refractivity contribution < 1.29 is 23.4 Å². The highest BCUT2D eigenvalue weighted by molar-refractivity contribution is 5.91. The van der Waals surface area contributed by atoms with Crippen LogP contribution in [-0.2, 0) is 15.9 Å². The van der Waals surface area contributed by atoms with Gasteiger partial charge in [-0.15, -0.1) is 0 Å². The maximum absolute atomic E-state index is 14.8. The average molecular weight is 457 g/mol. The molecule has 0 radical (unpaired) electrons. The van der Waals surface area contributed by atoms with Crippen molar-refractivity contribution in [2.45, 2.75) is 77.9 Å². The van der Waals surface area contributed by atoms with Gasteiger partial charge in [-0.1, -0.05) is 70.6 Å². The second-order valence-corrected chi connectivity index (χ2v) is 8.94. The molecule has 0 N–H and O–H groups in total. The van der Waals surface area contributed by atoms with Crippen molar-refractivity contribution in [2.24, 2.45) is 5.92 Å². The molecule has 0 unspecified atom stereocenters. The molecule has 1 aliphatic rings. The molecular weight excluding hydrogens is 419 g/mol. The monoisotopic (exact) mass is 456 g/mol. The van der Waals surface area contributed by atoms with E-state index in [4.69, 9.17) is 14.2 Å². The molecule has 0 aliphatic carbocycles. The Morgan fingerprint density at radius 2 is 1.64 bits per heavy atom. The van der Waals surface area contributed by atoms with Crippen LogP contribution in [0.5, 0.6) is 5.75 Å². The van der Waals surface area contributed by atoms with E-state index >= 15 is 0 Å². The minimum absolute atomic E-state index is 0.160. The SMILES string of the molecule is CCCCCCC1COC(c2ccc(C(=O)Oc3ccc(CCCCC)cc3)cc2F)OC1. The molecule has 180 valence electrons. The zero-order valence-electron chi connectivity index (χ0n) is 20.0. The topological polar surface area (TPSA) is 44.8 Å². The molecule has 2 aromatic rings. The van der Waals surface area contributed by atoms with Crippen LogP contribution < -0.4 is 4.74 Å². The number of unbranched alkanes of at least 4 members (excludes halogenated alkanes) is 5. The van der Waals surface area contributed by atoms with Gasteiger partial charge >= 0.3 is 5.97 Å². The van der Waals surface area contributed by atoms with Crippen LogP contribution in [0.25, 0.3) is 0 Å². The lowest BCUT2D eigenvalue weighted by Gasteiger charge is -2.30. The maximum Gasteiger partial charge on any atom is 0.343 e. The highest BCUT2D eigenvalue weighted by Crippen LogP contribution is 2.29. The average Bonchev–Trinajstić information content (AvgIpc) is 2.83. The molecule has 2 aromatic carbocycles. The summed E-state index contributed by atoms with van der Waals surface area (Å²) in [7, 11) is 0. The standard InChI is InChI=1S/C28H37FO4/c1-3-5-7-9-11-22-19-31-28(32-20-22)25-17-14-23(18-26(25)29)27(30)33-24-15-12-21(13-16-24)10-8-6-4-2/h12-18,22,28H,3-11,19-20H2,1-2H3. The van der Waals surface area contributed by atoms with Gasteiger partial charge in [0.1, 0.15) is 11.6 Å². The van der Waals surface area contributed by atoms with Crippen molar-refractivity contribution in [3.05, 3.63) is 65.0 Å². The third-order valence-electron chi connectivity index (χ3n) is 6.13. The van der Waals surface area contributed by atoms with Crippen LogP contribution in [0.3, 0.4) is 0 Å². The highest BCUT2D eigenvalue weighted by Gasteiger charge is 2.26. The number of carbonyl (C=O) groups excluding carboxylic acids is 1. The molecule has 3 rings (SSSR count). The number of hydrogen-bond donors (Lipinski definition) is 0. The Morgan fingerprint density at radius 1 is 0.939 bits per heavy atom. The summed E-state index contributed by atoms with van der Waals surface area (Å²) in [5, 5.41) is 0. The quantitative estimate of drug-likeness (QED) is 0.189. The van der Waals surface area contributed by atoms with Gasteiger partial charge in [0.05, 0.1) is 18.8 Å². The molecule has 0 spiro atoms. The highest BCUT2D eigenvalue weighted by atomic mass is 19.1. The van der Waals surface area contributed by atoms with E-state index < -0.39 is 18.1 Å². The third-order valence-corrected chi connectivity index (χ3v) is 6.13. The molecule has 4 nitrogen and oxygen atoms in total. The van der Waals surface area contributed by atoms with Crippen LogP contribution in [-0.4, -0.2) is 19.2 Å². The minimum atomic E-state index is -0.734. The number of carbonyl (C=O) groups is 1. The van der Waals surface area contributed by atoms with Crippen LogP contribution >= 0.6 is 0 Å². The number of benzene rings is 2. The lowest BCUT2D eigenvalue weighted by molar-refractivity contribution is -0.207. The van der Waals surface area contributed by atoms with Gasteiger partial charge in [-0.05, 0) is 49.1 Å². The summed E-state index contributed by atoms with van der Waals surface area (Å²) in [6, 6.07) is 11.8. The summed E-state index contributed by atoms with van der Waals surface area (Å²) in [5.74, 6) is -0.306. The van der Waals surface area contributed by atoms with E-state index in [-0.39, 0.29) is 5.56 Å². The molecule has 33 heavy (non-hydrogen) atoms. The maximum atomic E-state index is 14.8. The van der Waals surface area contributed by atoms with Gasteiger partial charge in [-0.25, -0.2) is 9.18 Å². The number of rotatable bonds is 12. The molecule has 1 heterocycles. The van der Waals surface area contributed by atoms with Crippen LogP contribution in [0.4, 0.5) is 4.39 Å². The first kappa shape index (κ1) is 25.4. The van der Waals surface area contributed by atoms with Gasteiger partial charge in [-0.3, -0.25) is 0 Å². The fourth-order valence-corrected chi connectivity index (χ4v) is 4.06. The van der Waals surface area contributed by atoms with Crippen molar-refractivity contribution in [1.82, 2.24) is 0 Å². The predicted octanol–water partition coefficient (Wildman–Crippen LogP) is 7.41. The van der Waals surface area contributed by atoms with Crippen molar-refractivity contribution >= 4 is 5.97 Å². The van der Waals surface area contributed by atoms with Gasteiger partial charge in [0.25, 0.3) is 0 Å². The van der Waals surface area contributed by atoms with E-state index in [9.17, 15) is 9.18 Å². The van der Waals surface area contributed by atoms with E-state index in [1.54, 1.807) is 24.3 Å². The summed E-state index contributed by atoms with van der Waals surface area (Å²) in [6.07, 6.45) is 9.75. The molecular formula is C28H37FO4. The van der Waals surface area contributed by atoms with Gasteiger partial charge in [0, 0.05) is 11.5 Å². The Hall–Kier alpha value is -2.24. The number of ether oxygens (including phenoxy) is 3. The Balaban J connectivity index is 1.50. The molecule has 1 aliphatic heterocycles. The summed E-state index contributed by atoms with van der Waals surface area (Å²) in [5.41, 5.74) is 1.69. The number of aryl methyl sites for hydroxylation is 1. The first-order valence-corrected chi connectivity index (χ1v) is 12.4. The summed E-state index contributed by atoms with van der Waals surface area (Å²) in [6.45, 7) is 5.51. The van der Waals surface area contributed by atoms with E-state index in [0.717, 1.165) is 19.3 Å². The third kappa shape index (κ3) is 7.94. The second kappa shape index (κ2) is 13.5. The zero-order valence-corrected chi connectivity index (χ0v) is 20.0. The lowest BCUT2D eigenvalue weighted by atomic mass is 10.0. The Bertz CT molecular complexity index is 857. The van der Waals surface area contributed by atoms with E-state index in [1.807, 2.05) is 12.1 Å². The molecule has 0 aromatic heterocycles. The second-order valence-electron chi connectivity index (χ2n) is 8.94. The van der Waals surface area contributed by atoms with Gasteiger partial charge in [-0.2, -0.15) is 0 Å². The molecule has 0 saturated carbocycles. The Kier molecular flexibility index (Phi) is 10.4. The molecule has 5 heteroatoms. The Morgan fingerprint density at radius 3 is 2.30 bits per heavy atom. The van der Waals surface area contributed by atoms with E-state index in [0.29, 0.717) is 30.4 Å². The predicted molar refractivity (Wildman–Crippen MR) is 128 cm³/mol. The number of hydrogen-bond acceptors (Lipinski definition) is 4. The normalized spacial score (nSPS) is 18.3. The Labute approximate surface area is 197 Å². The fraction of sp³-hybridized carbons (Fsp3) is 0.536. The number of halogens is 1. The molecule has 0 atom stereocenters. The largest absolute Gasteiger partial charge is 0.423 e. The van der Waals surface area contributed by atoms with Crippen LogP contribution in [0.1, 0.15) is 93.0 Å². The summed E-state index contributed by atoms with van der Waals surface area (Å²) in [4.78, 5) is 12.5. The van der Waals surface area contributed by atoms with Gasteiger partial charge < -0.3 is 14.2 Å². The number of esters is 1. The van der Waals surface area contributed by atoms with Crippen molar-refractivity contribution in [3.63, 3.8) is 0 Å². The lowest BCUT2D eigenvalue weighted by Crippen LogP contribution is -2.27. The van der Waals surface area contributed by atoms with Crippen LogP contribution in [0.15, 0.2) is 42.5 Å². The van der Waals surface area contributed by atoms with Gasteiger partial charge in [0.15, 0.2) is 6.29 Å². The molecule has 0 amide bonds. The van der Waals surface area contributed by atoms with Crippen LogP contribution in [0.2, 0.25) is 0 Å². The first-order chi connectivity index (χ1) is 16.1. The molecule has 1 fully saturated rings. The minimum Gasteiger partial charge on any atom is -0.423 e. The molecule has 0 bridgehead atoms. The fourth-order valence-electron chi connectivity index (χ4n) is 4.06. The van der Waals surface area contributed by atoms with Crippen molar-refractivity contribution in [3.8, 4) is 5.75 Å². The van der Waals surface area contributed by atoms with Crippen molar-refractivity contribution in [2.75, 3.05) is 13.2 Å². The van der Waals surface area contributed by atoms with E-state index in [2.05, 4.69) is 13.8 Å².